The lowest BCUT2D eigenvalue weighted by Crippen LogP contribution is -2.29. The fourth-order valence-corrected chi connectivity index (χ4v) is 7.37. The molecule has 0 saturated heterocycles. The average molecular weight is 600 g/mol. The highest BCUT2D eigenvalue weighted by Crippen LogP contribution is 2.58. The molecule has 0 radical (unpaired) electrons. The number of aromatic nitrogens is 3. The summed E-state index contributed by atoms with van der Waals surface area (Å²) in [5.74, 6) is 0.610. The summed E-state index contributed by atoms with van der Waals surface area (Å²) in [6.07, 6.45) is 0. The standard InChI is InChI=1S/C44H29N3/c1-5-17-30(18-6-1)38-29-39(31-19-7-2-8-20-31)46-43(45-38)42-35-26-14-13-25-34(35)40-41(47-42)36-27-15-16-28-37(36)44(40,32-21-9-3-10-22-32)33-23-11-4-12-24-33/h1-29H. The predicted molar refractivity (Wildman–Crippen MR) is 191 cm³/mol. The Morgan fingerprint density at radius 1 is 0.383 bits per heavy atom. The van der Waals surface area contributed by atoms with Gasteiger partial charge in [-0.05, 0) is 28.1 Å². The molecule has 0 unspecified atom stereocenters. The minimum absolute atomic E-state index is 0.554. The summed E-state index contributed by atoms with van der Waals surface area (Å²) in [4.78, 5) is 16.0. The topological polar surface area (TPSA) is 38.7 Å². The Labute approximate surface area is 273 Å². The number of pyridine rings is 1. The lowest BCUT2D eigenvalue weighted by atomic mass is 9.67. The van der Waals surface area contributed by atoms with Gasteiger partial charge in [-0.3, -0.25) is 0 Å². The van der Waals surface area contributed by atoms with Crippen LogP contribution in [0.15, 0.2) is 176 Å². The van der Waals surface area contributed by atoms with Gasteiger partial charge in [-0.2, -0.15) is 0 Å². The lowest BCUT2D eigenvalue weighted by molar-refractivity contribution is 0.774. The molecule has 0 amide bonds. The number of hydrogen-bond donors (Lipinski definition) is 0. The minimum Gasteiger partial charge on any atom is -0.243 e. The fourth-order valence-electron chi connectivity index (χ4n) is 7.37. The molecule has 8 aromatic rings. The molecule has 0 bridgehead atoms. The third-order valence-electron chi connectivity index (χ3n) is 9.36. The second kappa shape index (κ2) is 11.0. The molecule has 6 aromatic carbocycles. The number of fused-ring (bicyclic) bond motifs is 5. The summed E-state index contributed by atoms with van der Waals surface area (Å²) in [5, 5.41) is 2.17. The molecule has 0 aliphatic heterocycles. The minimum atomic E-state index is -0.554. The van der Waals surface area contributed by atoms with Crippen molar-refractivity contribution in [2.24, 2.45) is 0 Å². The van der Waals surface area contributed by atoms with Crippen molar-refractivity contribution >= 4 is 10.8 Å². The van der Waals surface area contributed by atoms with Crippen LogP contribution in [0.5, 0.6) is 0 Å². The van der Waals surface area contributed by atoms with Crippen molar-refractivity contribution in [2.45, 2.75) is 5.41 Å². The van der Waals surface area contributed by atoms with E-state index in [0.29, 0.717) is 5.82 Å². The quantitative estimate of drug-likeness (QED) is 0.198. The van der Waals surface area contributed by atoms with Gasteiger partial charge in [0.1, 0.15) is 5.69 Å². The maximum Gasteiger partial charge on any atom is 0.179 e. The molecule has 1 aliphatic rings. The molecular weight excluding hydrogens is 571 g/mol. The highest BCUT2D eigenvalue weighted by molar-refractivity contribution is 6.04. The number of nitrogens with zero attached hydrogens (tertiary/aromatic N) is 3. The van der Waals surface area contributed by atoms with Crippen LogP contribution in [0, 0.1) is 0 Å². The first-order valence-electron chi connectivity index (χ1n) is 16.0. The molecule has 1 aliphatic carbocycles. The molecule has 0 fully saturated rings. The zero-order chi connectivity index (χ0) is 31.2. The maximum absolute atomic E-state index is 5.58. The van der Waals surface area contributed by atoms with E-state index in [1.165, 1.54) is 22.3 Å². The average Bonchev–Trinajstić information content (AvgIpc) is 3.47. The van der Waals surface area contributed by atoms with Gasteiger partial charge in [0.15, 0.2) is 5.82 Å². The molecular formula is C44H29N3. The summed E-state index contributed by atoms with van der Waals surface area (Å²) in [6.45, 7) is 0. The van der Waals surface area contributed by atoms with Crippen LogP contribution in [-0.2, 0) is 5.41 Å². The van der Waals surface area contributed by atoms with Gasteiger partial charge in [0.2, 0.25) is 0 Å². The van der Waals surface area contributed by atoms with Gasteiger partial charge < -0.3 is 0 Å². The van der Waals surface area contributed by atoms with Crippen LogP contribution < -0.4 is 0 Å². The van der Waals surface area contributed by atoms with Gasteiger partial charge in [0.25, 0.3) is 0 Å². The Hall–Kier alpha value is -6.19. The van der Waals surface area contributed by atoms with E-state index in [-0.39, 0.29) is 0 Å². The normalized spacial score (nSPS) is 12.9. The highest BCUT2D eigenvalue weighted by atomic mass is 14.9. The molecule has 0 atom stereocenters. The Balaban J connectivity index is 1.40. The van der Waals surface area contributed by atoms with Gasteiger partial charge in [-0.1, -0.05) is 170 Å². The lowest BCUT2D eigenvalue weighted by Gasteiger charge is -2.34. The first-order chi connectivity index (χ1) is 23.3. The van der Waals surface area contributed by atoms with Gasteiger partial charge in [-0.15, -0.1) is 0 Å². The summed E-state index contributed by atoms with van der Waals surface area (Å²) in [5.41, 5.74) is 11.0. The second-order valence-electron chi connectivity index (χ2n) is 12.0. The molecule has 47 heavy (non-hydrogen) atoms. The maximum atomic E-state index is 5.58. The number of rotatable bonds is 5. The van der Waals surface area contributed by atoms with Crippen LogP contribution in [0.4, 0.5) is 0 Å². The predicted octanol–water partition coefficient (Wildman–Crippen LogP) is 10.4. The summed E-state index contributed by atoms with van der Waals surface area (Å²) in [6, 6.07) is 61.8. The fraction of sp³-hybridized carbons (Fsp3) is 0.0227. The van der Waals surface area contributed by atoms with Crippen molar-refractivity contribution in [1.29, 1.82) is 0 Å². The van der Waals surface area contributed by atoms with Crippen molar-refractivity contribution in [3.63, 3.8) is 0 Å². The van der Waals surface area contributed by atoms with Crippen LogP contribution in [0.1, 0.15) is 22.3 Å². The molecule has 0 N–H and O–H groups in total. The molecule has 0 spiro atoms. The summed E-state index contributed by atoms with van der Waals surface area (Å²) < 4.78 is 0. The van der Waals surface area contributed by atoms with Crippen LogP contribution in [0.3, 0.4) is 0 Å². The number of benzene rings is 6. The van der Waals surface area contributed by atoms with Crippen LogP contribution in [-0.4, -0.2) is 15.0 Å². The summed E-state index contributed by atoms with van der Waals surface area (Å²) in [7, 11) is 0. The first kappa shape index (κ1) is 27.1. The molecule has 3 nitrogen and oxygen atoms in total. The largest absolute Gasteiger partial charge is 0.243 e. The highest BCUT2D eigenvalue weighted by Gasteiger charge is 2.48. The van der Waals surface area contributed by atoms with E-state index in [1.807, 2.05) is 36.4 Å². The number of hydrogen-bond acceptors (Lipinski definition) is 3. The third-order valence-corrected chi connectivity index (χ3v) is 9.36. The van der Waals surface area contributed by atoms with Gasteiger partial charge >= 0.3 is 0 Å². The second-order valence-corrected chi connectivity index (χ2v) is 12.0. The Morgan fingerprint density at radius 3 is 1.43 bits per heavy atom. The Bertz CT molecular complexity index is 2290. The molecule has 9 rings (SSSR count). The van der Waals surface area contributed by atoms with E-state index < -0.39 is 5.41 Å². The van der Waals surface area contributed by atoms with Crippen LogP contribution in [0.25, 0.3) is 56.1 Å². The molecule has 3 heteroatoms. The molecule has 220 valence electrons. The van der Waals surface area contributed by atoms with E-state index in [4.69, 9.17) is 15.0 Å². The van der Waals surface area contributed by atoms with Gasteiger partial charge in [0, 0.05) is 27.6 Å². The van der Waals surface area contributed by atoms with E-state index in [0.717, 1.165) is 50.2 Å². The molecule has 2 heterocycles. The van der Waals surface area contributed by atoms with Gasteiger partial charge in [0.05, 0.1) is 22.5 Å². The zero-order valence-corrected chi connectivity index (χ0v) is 25.6. The Morgan fingerprint density at radius 2 is 0.851 bits per heavy atom. The SMILES string of the molecule is c1ccc(-c2cc(-c3ccccc3)nc(-c3nc4c(c5ccccc35)C(c3ccccc3)(c3ccccc3)c3ccccc3-4)n2)cc1. The third kappa shape index (κ3) is 4.24. The van der Waals surface area contributed by atoms with Crippen LogP contribution in [0.2, 0.25) is 0 Å². The van der Waals surface area contributed by atoms with Crippen molar-refractivity contribution in [2.75, 3.05) is 0 Å². The van der Waals surface area contributed by atoms with Crippen molar-refractivity contribution in [3.05, 3.63) is 198 Å². The van der Waals surface area contributed by atoms with Gasteiger partial charge in [-0.25, -0.2) is 15.0 Å². The van der Waals surface area contributed by atoms with E-state index in [9.17, 15) is 0 Å². The zero-order valence-electron chi connectivity index (χ0n) is 25.6. The molecule has 2 aromatic heterocycles. The van der Waals surface area contributed by atoms with E-state index in [2.05, 4.69) is 140 Å². The van der Waals surface area contributed by atoms with E-state index in [1.54, 1.807) is 0 Å². The first-order valence-corrected chi connectivity index (χ1v) is 16.0. The monoisotopic (exact) mass is 599 g/mol. The molecule has 0 saturated carbocycles. The van der Waals surface area contributed by atoms with Crippen LogP contribution >= 0.6 is 0 Å². The smallest absolute Gasteiger partial charge is 0.179 e. The van der Waals surface area contributed by atoms with Crippen molar-refractivity contribution in [3.8, 4) is 45.3 Å². The van der Waals surface area contributed by atoms with Crippen molar-refractivity contribution in [1.82, 2.24) is 15.0 Å². The van der Waals surface area contributed by atoms with Crippen molar-refractivity contribution < 1.29 is 0 Å². The summed E-state index contributed by atoms with van der Waals surface area (Å²) >= 11 is 0. The Kier molecular flexibility index (Phi) is 6.36. The van der Waals surface area contributed by atoms with E-state index >= 15 is 0 Å².